The lowest BCUT2D eigenvalue weighted by Gasteiger charge is -2.16. The van der Waals surface area contributed by atoms with Crippen molar-refractivity contribution in [3.05, 3.63) is 30.1 Å². The van der Waals surface area contributed by atoms with Crippen LogP contribution in [-0.2, 0) is 9.59 Å². The van der Waals surface area contributed by atoms with Gasteiger partial charge < -0.3 is 10.0 Å². The fraction of sp³-hybridized carbons (Fsp3) is 0.429. The highest BCUT2D eigenvalue weighted by atomic mass is 32.2. The van der Waals surface area contributed by atoms with Crippen LogP contribution in [0, 0.1) is 11.7 Å². The molecule has 2 rings (SSSR count). The second-order valence-electron chi connectivity index (χ2n) is 4.81. The van der Waals surface area contributed by atoms with Crippen LogP contribution in [0.2, 0.25) is 0 Å². The SMILES string of the molecule is O=C(O)CC1CCN(C(=O)CSc2ccccc2F)C1. The lowest BCUT2D eigenvalue weighted by molar-refractivity contribution is -0.138. The number of rotatable bonds is 5. The summed E-state index contributed by atoms with van der Waals surface area (Å²) < 4.78 is 13.4. The van der Waals surface area contributed by atoms with Gasteiger partial charge in [-0.2, -0.15) is 0 Å². The molecule has 0 bridgehead atoms. The number of thioether (sulfide) groups is 1. The molecule has 1 unspecified atom stereocenters. The first kappa shape index (κ1) is 14.8. The number of carboxylic acids is 1. The Morgan fingerprint density at radius 2 is 2.15 bits per heavy atom. The van der Waals surface area contributed by atoms with E-state index in [4.69, 9.17) is 5.11 Å². The zero-order chi connectivity index (χ0) is 14.5. The number of carboxylic acid groups (broad SMARTS) is 1. The molecule has 0 aliphatic carbocycles. The fourth-order valence-corrected chi connectivity index (χ4v) is 3.11. The van der Waals surface area contributed by atoms with Crippen molar-refractivity contribution in [3.63, 3.8) is 0 Å². The first-order valence-corrected chi connectivity index (χ1v) is 7.41. The highest BCUT2D eigenvalue weighted by Gasteiger charge is 2.27. The van der Waals surface area contributed by atoms with Crippen LogP contribution in [0.25, 0.3) is 0 Å². The van der Waals surface area contributed by atoms with Crippen molar-refractivity contribution >= 4 is 23.6 Å². The van der Waals surface area contributed by atoms with Gasteiger partial charge in [-0.3, -0.25) is 9.59 Å². The predicted molar refractivity (Wildman–Crippen MR) is 74.1 cm³/mol. The highest BCUT2D eigenvalue weighted by molar-refractivity contribution is 8.00. The van der Waals surface area contributed by atoms with E-state index in [1.165, 1.54) is 17.8 Å². The van der Waals surface area contributed by atoms with Crippen molar-refractivity contribution in [1.29, 1.82) is 0 Å². The summed E-state index contributed by atoms with van der Waals surface area (Å²) in [6, 6.07) is 6.35. The summed E-state index contributed by atoms with van der Waals surface area (Å²) in [5.74, 6) is -0.998. The van der Waals surface area contributed by atoms with Crippen LogP contribution in [0.3, 0.4) is 0 Å². The number of carbonyl (C=O) groups excluding carboxylic acids is 1. The molecule has 0 spiro atoms. The van der Waals surface area contributed by atoms with Gasteiger partial charge in [-0.05, 0) is 24.5 Å². The average molecular weight is 297 g/mol. The minimum atomic E-state index is -0.829. The van der Waals surface area contributed by atoms with E-state index >= 15 is 0 Å². The Bertz CT molecular complexity index is 509. The van der Waals surface area contributed by atoms with Gasteiger partial charge in [-0.1, -0.05) is 12.1 Å². The number of carbonyl (C=O) groups is 2. The van der Waals surface area contributed by atoms with Gasteiger partial charge in [0.25, 0.3) is 0 Å². The Morgan fingerprint density at radius 1 is 1.40 bits per heavy atom. The number of hydrogen-bond acceptors (Lipinski definition) is 3. The molecule has 108 valence electrons. The number of aliphatic carboxylic acids is 1. The molecule has 6 heteroatoms. The molecule has 1 saturated heterocycles. The lowest BCUT2D eigenvalue weighted by atomic mass is 10.1. The van der Waals surface area contributed by atoms with Crippen LogP contribution in [0.5, 0.6) is 0 Å². The van der Waals surface area contributed by atoms with Gasteiger partial charge in [0.2, 0.25) is 5.91 Å². The quantitative estimate of drug-likeness (QED) is 0.847. The van der Waals surface area contributed by atoms with Crippen molar-refractivity contribution in [1.82, 2.24) is 4.90 Å². The molecule has 1 aliphatic rings. The third-order valence-corrected chi connectivity index (χ3v) is 4.32. The largest absolute Gasteiger partial charge is 0.481 e. The van der Waals surface area contributed by atoms with E-state index < -0.39 is 5.97 Å². The van der Waals surface area contributed by atoms with Crippen molar-refractivity contribution in [3.8, 4) is 0 Å². The topological polar surface area (TPSA) is 57.6 Å². The van der Waals surface area contributed by atoms with Crippen LogP contribution < -0.4 is 0 Å². The average Bonchev–Trinajstić information content (AvgIpc) is 2.85. The molecular formula is C14H16FNO3S. The van der Waals surface area contributed by atoms with Crippen LogP contribution >= 0.6 is 11.8 Å². The van der Waals surface area contributed by atoms with E-state index in [0.717, 1.165) is 6.42 Å². The molecule has 1 aromatic rings. The molecule has 1 aliphatic heterocycles. The van der Waals surface area contributed by atoms with E-state index in [0.29, 0.717) is 18.0 Å². The second-order valence-corrected chi connectivity index (χ2v) is 5.83. The minimum absolute atomic E-state index is 0.0370. The number of likely N-dealkylation sites (tertiary alicyclic amines) is 1. The van der Waals surface area contributed by atoms with Gasteiger partial charge in [-0.25, -0.2) is 4.39 Å². The van der Waals surface area contributed by atoms with E-state index in [1.54, 1.807) is 23.1 Å². The standard InChI is InChI=1S/C14H16FNO3S/c15-11-3-1-2-4-12(11)20-9-13(17)16-6-5-10(8-16)7-14(18)19/h1-4,10H,5-9H2,(H,18,19). The van der Waals surface area contributed by atoms with Gasteiger partial charge >= 0.3 is 5.97 Å². The zero-order valence-electron chi connectivity index (χ0n) is 10.9. The van der Waals surface area contributed by atoms with Gasteiger partial charge in [0.1, 0.15) is 5.82 Å². The minimum Gasteiger partial charge on any atom is -0.481 e. The van der Waals surface area contributed by atoms with Crippen molar-refractivity contribution in [2.75, 3.05) is 18.8 Å². The third-order valence-electron chi connectivity index (χ3n) is 3.29. The van der Waals surface area contributed by atoms with Crippen LogP contribution in [0.4, 0.5) is 4.39 Å². The summed E-state index contributed by atoms with van der Waals surface area (Å²) in [4.78, 5) is 24.8. The van der Waals surface area contributed by atoms with Crippen LogP contribution in [0.15, 0.2) is 29.2 Å². The molecule has 0 aromatic heterocycles. The second kappa shape index (κ2) is 6.74. The number of benzene rings is 1. The van der Waals surface area contributed by atoms with Gasteiger partial charge in [0, 0.05) is 24.4 Å². The smallest absolute Gasteiger partial charge is 0.303 e. The first-order valence-electron chi connectivity index (χ1n) is 6.43. The maximum Gasteiger partial charge on any atom is 0.303 e. The van der Waals surface area contributed by atoms with Gasteiger partial charge in [0.15, 0.2) is 0 Å². The van der Waals surface area contributed by atoms with Crippen molar-refractivity contribution < 1.29 is 19.1 Å². The summed E-state index contributed by atoms with van der Waals surface area (Å²) >= 11 is 1.17. The zero-order valence-corrected chi connectivity index (χ0v) is 11.7. The summed E-state index contributed by atoms with van der Waals surface area (Å²) in [5.41, 5.74) is 0. The Morgan fingerprint density at radius 3 is 2.85 bits per heavy atom. The lowest BCUT2D eigenvalue weighted by Crippen LogP contribution is -2.30. The molecule has 1 N–H and O–H groups in total. The Labute approximate surface area is 121 Å². The molecule has 0 saturated carbocycles. The molecule has 20 heavy (non-hydrogen) atoms. The molecule has 1 atom stereocenters. The molecule has 4 nitrogen and oxygen atoms in total. The summed E-state index contributed by atoms with van der Waals surface area (Å²) in [5, 5.41) is 8.73. The summed E-state index contributed by atoms with van der Waals surface area (Å²) in [6.45, 7) is 1.08. The van der Waals surface area contributed by atoms with E-state index in [1.807, 2.05) is 0 Å². The van der Waals surface area contributed by atoms with Gasteiger partial charge in [0.05, 0.1) is 5.75 Å². The predicted octanol–water partition coefficient (Wildman–Crippen LogP) is 2.24. The van der Waals surface area contributed by atoms with E-state index in [-0.39, 0.29) is 29.8 Å². The van der Waals surface area contributed by atoms with Crippen molar-refractivity contribution in [2.45, 2.75) is 17.7 Å². The molecule has 1 heterocycles. The Kier molecular flexibility index (Phi) is 5.00. The maximum atomic E-state index is 13.4. The fourth-order valence-electron chi connectivity index (χ4n) is 2.27. The molecule has 1 aromatic carbocycles. The number of nitrogens with zero attached hydrogens (tertiary/aromatic N) is 1. The molecule has 0 radical (unpaired) electrons. The number of amides is 1. The molecular weight excluding hydrogens is 281 g/mol. The Balaban J connectivity index is 1.81. The van der Waals surface area contributed by atoms with Crippen molar-refractivity contribution in [2.24, 2.45) is 5.92 Å². The maximum absolute atomic E-state index is 13.4. The summed E-state index contributed by atoms with van der Waals surface area (Å²) in [6.07, 6.45) is 0.826. The third kappa shape index (κ3) is 3.96. The monoisotopic (exact) mass is 297 g/mol. The molecule has 1 fully saturated rings. The molecule has 1 amide bonds. The first-order chi connectivity index (χ1) is 9.56. The van der Waals surface area contributed by atoms with E-state index in [9.17, 15) is 14.0 Å². The van der Waals surface area contributed by atoms with E-state index in [2.05, 4.69) is 0 Å². The van der Waals surface area contributed by atoms with Crippen LogP contribution in [-0.4, -0.2) is 40.7 Å². The summed E-state index contributed by atoms with van der Waals surface area (Å²) in [7, 11) is 0. The number of hydrogen-bond donors (Lipinski definition) is 1. The normalized spacial score (nSPS) is 18.2. The van der Waals surface area contributed by atoms with Crippen LogP contribution in [0.1, 0.15) is 12.8 Å². The number of halogens is 1. The van der Waals surface area contributed by atoms with Gasteiger partial charge in [-0.15, -0.1) is 11.8 Å². The Hall–Kier alpha value is -1.56. The highest BCUT2D eigenvalue weighted by Crippen LogP contribution is 2.24.